The van der Waals surface area contributed by atoms with Crippen LogP contribution in [0.25, 0.3) is 21.5 Å². The number of hydrogen-bond acceptors (Lipinski definition) is 5. The predicted octanol–water partition coefficient (Wildman–Crippen LogP) is 19.0. The van der Waals surface area contributed by atoms with E-state index in [4.69, 9.17) is 9.47 Å². The van der Waals surface area contributed by atoms with Gasteiger partial charge in [-0.25, -0.2) is 0 Å². The minimum atomic E-state index is 0.751. The third kappa shape index (κ3) is 24.7. The van der Waals surface area contributed by atoms with Gasteiger partial charge in [-0.15, -0.1) is 5.50 Å². The summed E-state index contributed by atoms with van der Waals surface area (Å²) in [6.07, 6.45) is 44.2. The van der Waals surface area contributed by atoms with Crippen molar-refractivity contribution >= 4 is 33.3 Å². The van der Waals surface area contributed by atoms with Gasteiger partial charge in [-0.1, -0.05) is 255 Å². The highest BCUT2D eigenvalue weighted by Gasteiger charge is 2.09. The molecule has 0 aromatic heterocycles. The number of hydrogen-bond donors (Lipinski definition) is 2. The molecule has 0 aliphatic heterocycles. The maximum atomic E-state index is 6.44. The van der Waals surface area contributed by atoms with Crippen LogP contribution in [0.5, 0.6) is 11.5 Å². The molecule has 2 N–H and O–H groups in total. The average molecular weight is 908 g/mol. The minimum absolute atomic E-state index is 0.751. The van der Waals surface area contributed by atoms with E-state index < -0.39 is 0 Å². The summed E-state index contributed by atoms with van der Waals surface area (Å²) in [4.78, 5) is 0. The Labute approximate surface area is 404 Å². The number of thioether (sulfide) groups is 1. The molecule has 0 heterocycles. The molecule has 0 unspecified atom stereocenters. The van der Waals surface area contributed by atoms with E-state index in [1.807, 2.05) is 7.05 Å². The highest BCUT2D eigenvalue weighted by atomic mass is 32.2. The van der Waals surface area contributed by atoms with Crippen molar-refractivity contribution in [3.8, 4) is 11.5 Å². The average Bonchev–Trinajstić information content (AvgIpc) is 3.33. The zero-order valence-corrected chi connectivity index (χ0v) is 42.9. The maximum Gasteiger partial charge on any atom is 0.123 e. The summed E-state index contributed by atoms with van der Waals surface area (Å²) in [5, 5.41) is 12.4. The number of benzene rings is 4. The molecule has 0 aliphatic rings. The van der Waals surface area contributed by atoms with Gasteiger partial charge in [0.05, 0.1) is 13.2 Å². The number of unbranched alkanes of at least 4 members (excludes halogenated alkanes) is 30. The van der Waals surface area contributed by atoms with Crippen LogP contribution in [0, 0.1) is 5.50 Å². The Bertz CT molecular complexity index is 1630. The maximum absolute atomic E-state index is 6.44. The van der Waals surface area contributed by atoms with Crippen molar-refractivity contribution in [1.82, 2.24) is 10.6 Å². The topological polar surface area (TPSA) is 42.5 Å². The lowest BCUT2D eigenvalue weighted by Gasteiger charge is -2.33. The summed E-state index contributed by atoms with van der Waals surface area (Å²) in [6.45, 7) is 6.89. The van der Waals surface area contributed by atoms with E-state index in [0.717, 1.165) is 55.3 Å². The molecule has 4 rings (SSSR count). The Morgan fingerprint density at radius 1 is 0.431 bits per heavy atom. The highest BCUT2D eigenvalue weighted by Crippen LogP contribution is 2.31. The predicted molar refractivity (Wildman–Crippen MR) is 288 cm³/mol. The van der Waals surface area contributed by atoms with Crippen LogP contribution >= 0.6 is 11.8 Å². The summed E-state index contributed by atoms with van der Waals surface area (Å²) < 4.78 is 12.9. The third-order valence-corrected chi connectivity index (χ3v) is 14.5. The molecular formula is C60H95N2O2S-. The van der Waals surface area contributed by atoms with Gasteiger partial charge in [-0.2, -0.15) is 0 Å². The quantitative estimate of drug-likeness (QED) is 0.0263. The summed E-state index contributed by atoms with van der Waals surface area (Å²) in [5.74, 6) is 2.70. The van der Waals surface area contributed by atoms with Crippen molar-refractivity contribution in [3.63, 3.8) is 0 Å². The van der Waals surface area contributed by atoms with Crippen molar-refractivity contribution in [2.45, 2.75) is 232 Å². The van der Waals surface area contributed by atoms with Gasteiger partial charge < -0.3 is 31.9 Å². The van der Waals surface area contributed by atoms with Gasteiger partial charge in [-0.3, -0.25) is 0 Å². The zero-order valence-electron chi connectivity index (χ0n) is 42.1. The minimum Gasteiger partial charge on any atom is -0.493 e. The van der Waals surface area contributed by atoms with E-state index >= 15 is 0 Å². The summed E-state index contributed by atoms with van der Waals surface area (Å²) in [7, 11) is 2.01. The van der Waals surface area contributed by atoms with Crippen LogP contribution in [0.2, 0.25) is 0 Å². The number of nitrogens with one attached hydrogen (secondary N) is 2. The fourth-order valence-corrected chi connectivity index (χ4v) is 10.2. The summed E-state index contributed by atoms with van der Waals surface area (Å²) in [6, 6.07) is 26.4. The Morgan fingerprint density at radius 3 is 1.15 bits per heavy atom. The van der Waals surface area contributed by atoms with Crippen LogP contribution in [0.3, 0.4) is 0 Å². The fourth-order valence-electron chi connectivity index (χ4n) is 9.40. The van der Waals surface area contributed by atoms with E-state index in [9.17, 15) is 0 Å². The lowest BCUT2D eigenvalue weighted by Crippen LogP contribution is -2.29. The molecule has 0 spiro atoms. The first-order valence-electron chi connectivity index (χ1n) is 27.4. The second-order valence-electron chi connectivity index (χ2n) is 19.1. The molecule has 4 aromatic rings. The van der Waals surface area contributed by atoms with Crippen LogP contribution in [-0.4, -0.2) is 20.3 Å². The van der Waals surface area contributed by atoms with Crippen molar-refractivity contribution in [1.29, 1.82) is 0 Å². The first kappa shape index (κ1) is 54.9. The Kier molecular flexibility index (Phi) is 31.5. The smallest absolute Gasteiger partial charge is 0.123 e. The standard InChI is InChI=1S/C60H95N2O2S/c1-4-6-8-10-12-14-16-18-20-22-24-26-28-30-32-38-44-63-55-46-52(47-56(49-55)64-45-39-33-31-29-27-25-23-21-19-17-15-13-11-9-7-5-2)51-65-60(61-3)62-50-59-57-42-36-34-40-53(57)48-54-41-35-37-43-58(54)59/h34-37,40-43,46-49,61-62H,4-33,38-39,44-45,50-51H2,1-3H3/q-1. The van der Waals surface area contributed by atoms with Gasteiger partial charge in [0.15, 0.2) is 0 Å². The van der Waals surface area contributed by atoms with Crippen LogP contribution in [-0.2, 0) is 12.3 Å². The largest absolute Gasteiger partial charge is 0.493 e. The molecule has 0 amide bonds. The van der Waals surface area contributed by atoms with Crippen molar-refractivity contribution in [3.05, 3.63) is 89.4 Å². The van der Waals surface area contributed by atoms with E-state index in [-0.39, 0.29) is 0 Å². The van der Waals surface area contributed by atoms with Crippen LogP contribution in [0.4, 0.5) is 0 Å². The molecular weight excluding hydrogens is 813 g/mol. The first-order chi connectivity index (χ1) is 32.2. The summed E-state index contributed by atoms with van der Waals surface area (Å²) >= 11 is 1.81. The lowest BCUT2D eigenvalue weighted by atomic mass is 9.97. The second-order valence-corrected chi connectivity index (χ2v) is 20.1. The molecule has 65 heavy (non-hydrogen) atoms. The zero-order chi connectivity index (χ0) is 45.7. The monoisotopic (exact) mass is 908 g/mol. The molecule has 0 radical (unpaired) electrons. The highest BCUT2D eigenvalue weighted by molar-refractivity contribution is 8.01. The molecule has 0 aliphatic carbocycles. The molecule has 5 heteroatoms. The molecule has 4 aromatic carbocycles. The van der Waals surface area contributed by atoms with E-state index in [1.54, 1.807) is 11.8 Å². The molecule has 0 bridgehead atoms. The molecule has 0 fully saturated rings. The molecule has 0 saturated heterocycles. The lowest BCUT2D eigenvalue weighted by molar-refractivity contribution is 0.289. The van der Waals surface area contributed by atoms with Crippen molar-refractivity contribution < 1.29 is 9.47 Å². The van der Waals surface area contributed by atoms with Crippen molar-refractivity contribution in [2.24, 2.45) is 0 Å². The normalized spacial score (nSPS) is 11.7. The Balaban J connectivity index is 1.16. The first-order valence-corrected chi connectivity index (χ1v) is 28.4. The number of ether oxygens (including phenoxy) is 2. The van der Waals surface area contributed by atoms with E-state index in [2.05, 4.69) is 97.3 Å². The number of rotatable bonds is 43. The van der Waals surface area contributed by atoms with E-state index in [0.29, 0.717) is 0 Å². The van der Waals surface area contributed by atoms with Gasteiger partial charge in [0.25, 0.3) is 0 Å². The molecule has 4 nitrogen and oxygen atoms in total. The Morgan fingerprint density at radius 2 is 0.785 bits per heavy atom. The van der Waals surface area contributed by atoms with Crippen LogP contribution in [0.15, 0.2) is 72.8 Å². The summed E-state index contributed by atoms with van der Waals surface area (Å²) in [5.41, 5.74) is 3.63. The second kappa shape index (κ2) is 37.3. The van der Waals surface area contributed by atoms with Gasteiger partial charge in [0, 0.05) is 6.07 Å². The molecule has 0 saturated carbocycles. The third-order valence-electron chi connectivity index (χ3n) is 13.4. The van der Waals surface area contributed by atoms with Gasteiger partial charge >= 0.3 is 0 Å². The van der Waals surface area contributed by atoms with Crippen LogP contribution < -0.4 is 20.1 Å². The molecule has 0 atom stereocenters. The van der Waals surface area contributed by atoms with Gasteiger partial charge in [0.1, 0.15) is 11.5 Å². The van der Waals surface area contributed by atoms with E-state index in [1.165, 1.54) is 225 Å². The van der Waals surface area contributed by atoms with Gasteiger partial charge in [0.2, 0.25) is 0 Å². The van der Waals surface area contributed by atoms with Gasteiger partial charge in [-0.05, 0) is 83.1 Å². The molecule has 364 valence electrons. The fraction of sp³-hybridized carbons (Fsp3) is 0.650. The SMILES string of the molecule is CCCCCCCCCCCCCCCCCCOc1cc(CS[C-](NC)NCc2c3ccccc3cc3ccccc23)cc(OCCCCCCCCCCCCCCCCCC)c1. The Hall–Kier alpha value is -2.73. The van der Waals surface area contributed by atoms with Crippen molar-refractivity contribution in [2.75, 3.05) is 20.3 Å². The van der Waals surface area contributed by atoms with Crippen LogP contribution in [0.1, 0.15) is 230 Å². The number of fused-ring (bicyclic) bond motifs is 2.